The summed E-state index contributed by atoms with van der Waals surface area (Å²) in [6.07, 6.45) is 1.21. The first kappa shape index (κ1) is 29.8. The number of benzene rings is 1. The zero-order valence-corrected chi connectivity index (χ0v) is 25.7. The topological polar surface area (TPSA) is 111 Å². The van der Waals surface area contributed by atoms with Crippen molar-refractivity contribution in [3.8, 4) is 0 Å². The van der Waals surface area contributed by atoms with Crippen molar-refractivity contribution in [2.75, 3.05) is 46.0 Å². The number of ether oxygens (including phenoxy) is 1. The quantitative estimate of drug-likeness (QED) is 0.317. The third-order valence-corrected chi connectivity index (χ3v) is 12.0. The van der Waals surface area contributed by atoms with E-state index in [4.69, 9.17) is 4.74 Å². The summed E-state index contributed by atoms with van der Waals surface area (Å²) in [5, 5.41) is 16.5. The highest BCUT2D eigenvalue weighted by Crippen LogP contribution is 2.68. The SMILES string of the molecule is CC(C)C[C@H](CO)N1C(=O)[C@@H]2[C@@H](C(=O)NCc3ccccc3)[C@@H]3SC2(CC3Br)C1C(=O)NCCN1CCOCC1. The van der Waals surface area contributed by atoms with Crippen LogP contribution in [0.4, 0.5) is 0 Å². The molecular formula is C29H41BrN4O5S. The van der Waals surface area contributed by atoms with Gasteiger partial charge in [0.15, 0.2) is 0 Å². The van der Waals surface area contributed by atoms with E-state index in [0.717, 1.165) is 18.7 Å². The van der Waals surface area contributed by atoms with Crippen LogP contribution < -0.4 is 10.6 Å². The molecule has 1 aromatic rings. The largest absolute Gasteiger partial charge is 0.394 e. The maximum Gasteiger partial charge on any atom is 0.244 e. The second kappa shape index (κ2) is 12.7. The number of thioether (sulfide) groups is 1. The fraction of sp³-hybridized carbons (Fsp3) is 0.690. The van der Waals surface area contributed by atoms with Crippen LogP contribution in [-0.4, -0.2) is 106 Å². The summed E-state index contributed by atoms with van der Waals surface area (Å²) in [5.41, 5.74) is 0.992. The van der Waals surface area contributed by atoms with E-state index < -0.39 is 28.7 Å². The molecule has 4 fully saturated rings. The van der Waals surface area contributed by atoms with Gasteiger partial charge in [0.05, 0.1) is 42.4 Å². The number of amides is 3. The molecule has 4 aliphatic heterocycles. The average Bonchev–Trinajstić information content (AvgIpc) is 3.54. The molecule has 3 N–H and O–H groups in total. The molecule has 0 aliphatic carbocycles. The lowest BCUT2D eigenvalue weighted by atomic mass is 9.70. The van der Waals surface area contributed by atoms with Gasteiger partial charge in [-0.25, -0.2) is 0 Å². The lowest BCUT2D eigenvalue weighted by Gasteiger charge is -2.38. The molecule has 9 nitrogen and oxygen atoms in total. The summed E-state index contributed by atoms with van der Waals surface area (Å²) in [5.74, 6) is -1.45. The first-order valence-corrected chi connectivity index (χ1v) is 16.2. The number of aliphatic hydroxyl groups excluding tert-OH is 1. The predicted octanol–water partition coefficient (Wildman–Crippen LogP) is 1.62. The van der Waals surface area contributed by atoms with Gasteiger partial charge in [0, 0.05) is 42.8 Å². The number of nitrogens with zero attached hydrogens (tertiary/aromatic N) is 2. The normalized spacial score (nSPS) is 32.4. The minimum atomic E-state index is -0.743. The number of likely N-dealkylation sites (tertiary alicyclic amines) is 1. The highest BCUT2D eigenvalue weighted by atomic mass is 79.9. The van der Waals surface area contributed by atoms with Crippen LogP contribution in [0.15, 0.2) is 30.3 Å². The number of nitrogens with one attached hydrogen (secondary N) is 2. The van der Waals surface area contributed by atoms with Crippen molar-refractivity contribution in [2.24, 2.45) is 17.8 Å². The van der Waals surface area contributed by atoms with E-state index in [0.29, 0.717) is 45.7 Å². The van der Waals surface area contributed by atoms with Crippen molar-refractivity contribution >= 4 is 45.4 Å². The Bertz CT molecular complexity index is 1070. The lowest BCUT2D eigenvalue weighted by molar-refractivity contribution is -0.143. The predicted molar refractivity (Wildman–Crippen MR) is 158 cm³/mol. The Hall–Kier alpha value is -1.66. The maximum absolute atomic E-state index is 14.3. The Kier molecular flexibility index (Phi) is 9.46. The van der Waals surface area contributed by atoms with Crippen molar-refractivity contribution in [3.63, 3.8) is 0 Å². The van der Waals surface area contributed by atoms with Crippen LogP contribution in [0.1, 0.15) is 32.3 Å². The van der Waals surface area contributed by atoms with Crippen LogP contribution in [-0.2, 0) is 25.7 Å². The number of morpholine rings is 1. The number of alkyl halides is 1. The summed E-state index contributed by atoms with van der Waals surface area (Å²) in [6, 6.07) is 8.50. The van der Waals surface area contributed by atoms with Crippen molar-refractivity contribution in [2.45, 2.75) is 60.1 Å². The van der Waals surface area contributed by atoms with Gasteiger partial charge in [-0.1, -0.05) is 60.1 Å². The van der Waals surface area contributed by atoms with E-state index in [2.05, 4.69) is 45.3 Å². The molecule has 1 aromatic carbocycles. The number of rotatable bonds is 11. The van der Waals surface area contributed by atoms with Gasteiger partial charge < -0.3 is 25.4 Å². The van der Waals surface area contributed by atoms with Gasteiger partial charge in [-0.15, -0.1) is 11.8 Å². The number of halogens is 1. The zero-order valence-electron chi connectivity index (χ0n) is 23.3. The lowest BCUT2D eigenvalue weighted by Crippen LogP contribution is -2.57. The van der Waals surface area contributed by atoms with Crippen LogP contribution in [0.2, 0.25) is 0 Å². The summed E-state index contributed by atoms with van der Waals surface area (Å²) in [4.78, 5) is 45.9. The van der Waals surface area contributed by atoms with E-state index in [1.165, 1.54) is 0 Å². The Labute approximate surface area is 249 Å². The minimum absolute atomic E-state index is 0.00954. The number of aliphatic hydroxyl groups is 1. The fourth-order valence-electron chi connectivity index (χ4n) is 7.04. The molecule has 11 heteroatoms. The third-order valence-electron chi connectivity index (χ3n) is 8.77. The van der Waals surface area contributed by atoms with Gasteiger partial charge in [-0.3, -0.25) is 19.3 Å². The van der Waals surface area contributed by atoms with E-state index >= 15 is 0 Å². The van der Waals surface area contributed by atoms with Gasteiger partial charge in [0.25, 0.3) is 0 Å². The maximum atomic E-state index is 14.3. The standard InChI is InChI=1S/C29H41BrN4O5S/c1-18(2)14-20(17-35)34-25(27(37)31-8-9-33-10-12-39-13-11-33)29-15-21(30)24(40-29)22(23(29)28(34)38)26(36)32-16-19-6-4-3-5-7-19/h3-7,18,20-25,35H,8-17H2,1-2H3,(H,31,37)(H,32,36)/t20-,21?,22-,23+,24-,25?,29?/m1/s1. The second-order valence-corrected chi connectivity index (χ2v) is 14.5. The summed E-state index contributed by atoms with van der Waals surface area (Å²) in [7, 11) is 0. The van der Waals surface area contributed by atoms with Gasteiger partial charge in [-0.2, -0.15) is 0 Å². The van der Waals surface area contributed by atoms with Gasteiger partial charge in [-0.05, 0) is 24.3 Å². The minimum Gasteiger partial charge on any atom is -0.394 e. The fourth-order valence-corrected chi connectivity index (χ4v) is 10.6. The Morgan fingerprint density at radius 3 is 2.58 bits per heavy atom. The molecule has 0 saturated carbocycles. The van der Waals surface area contributed by atoms with Crippen LogP contribution in [0, 0.1) is 17.8 Å². The van der Waals surface area contributed by atoms with Crippen molar-refractivity contribution < 1.29 is 24.2 Å². The van der Waals surface area contributed by atoms with E-state index in [-0.39, 0.29) is 40.3 Å². The number of carbonyl (C=O) groups excluding carboxylic acids is 3. The van der Waals surface area contributed by atoms with Crippen LogP contribution >= 0.6 is 27.7 Å². The molecule has 4 aliphatic rings. The van der Waals surface area contributed by atoms with Crippen LogP contribution in [0.5, 0.6) is 0 Å². The van der Waals surface area contributed by atoms with Crippen molar-refractivity contribution in [3.05, 3.63) is 35.9 Å². The first-order valence-electron chi connectivity index (χ1n) is 14.4. The number of fused-ring (bicyclic) bond motifs is 1. The Morgan fingerprint density at radius 2 is 1.90 bits per heavy atom. The van der Waals surface area contributed by atoms with E-state index in [1.54, 1.807) is 16.7 Å². The monoisotopic (exact) mass is 636 g/mol. The number of hydrogen-bond acceptors (Lipinski definition) is 7. The number of hydrogen-bond donors (Lipinski definition) is 3. The van der Waals surface area contributed by atoms with Gasteiger partial charge >= 0.3 is 0 Å². The highest BCUT2D eigenvalue weighted by molar-refractivity contribution is 9.09. The van der Waals surface area contributed by atoms with Gasteiger partial charge in [0.1, 0.15) is 6.04 Å². The van der Waals surface area contributed by atoms with Crippen LogP contribution in [0.3, 0.4) is 0 Å². The Morgan fingerprint density at radius 1 is 1.18 bits per heavy atom. The summed E-state index contributed by atoms with van der Waals surface area (Å²) < 4.78 is 4.71. The molecule has 220 valence electrons. The highest BCUT2D eigenvalue weighted by Gasteiger charge is 2.76. The molecule has 3 unspecified atom stereocenters. The molecule has 3 amide bonds. The van der Waals surface area contributed by atoms with Gasteiger partial charge in [0.2, 0.25) is 17.7 Å². The number of carbonyl (C=O) groups is 3. The third kappa shape index (κ3) is 5.69. The average molecular weight is 638 g/mol. The molecular weight excluding hydrogens is 596 g/mol. The smallest absolute Gasteiger partial charge is 0.244 e. The van der Waals surface area contributed by atoms with E-state index in [9.17, 15) is 19.5 Å². The summed E-state index contributed by atoms with van der Waals surface area (Å²) >= 11 is 5.45. The first-order chi connectivity index (χ1) is 19.3. The molecule has 0 radical (unpaired) electrons. The molecule has 4 heterocycles. The molecule has 4 saturated heterocycles. The van der Waals surface area contributed by atoms with Crippen LogP contribution in [0.25, 0.3) is 0 Å². The van der Waals surface area contributed by atoms with Crippen molar-refractivity contribution in [1.29, 1.82) is 0 Å². The molecule has 1 spiro atoms. The summed E-state index contributed by atoms with van der Waals surface area (Å²) in [6.45, 7) is 8.49. The van der Waals surface area contributed by atoms with Crippen molar-refractivity contribution in [1.82, 2.24) is 20.4 Å². The Balaban J connectivity index is 1.40. The molecule has 7 atom stereocenters. The van der Waals surface area contributed by atoms with E-state index in [1.807, 2.05) is 30.3 Å². The zero-order chi connectivity index (χ0) is 28.4. The second-order valence-electron chi connectivity index (χ2n) is 11.8. The molecule has 5 rings (SSSR count). The molecule has 40 heavy (non-hydrogen) atoms. The molecule has 2 bridgehead atoms. The molecule has 0 aromatic heterocycles.